The Balaban J connectivity index is 1.29. The molecule has 8 nitrogen and oxygen atoms in total. The van der Waals surface area contributed by atoms with E-state index in [0.29, 0.717) is 5.13 Å². The molecule has 0 amide bonds. The van der Waals surface area contributed by atoms with Crippen molar-refractivity contribution in [1.29, 1.82) is 0 Å². The Kier molecular flexibility index (Phi) is 10.8. The summed E-state index contributed by atoms with van der Waals surface area (Å²) in [5.74, 6) is -2.02. The zero-order chi connectivity index (χ0) is 34.8. The van der Waals surface area contributed by atoms with Gasteiger partial charge < -0.3 is 20.0 Å². The number of carbonyl (C=O) groups excluding carboxylic acids is 1. The molecule has 1 aromatic heterocycles. The number of benzene rings is 5. The molecule has 0 spiro atoms. The number of carboxylic acid groups (broad SMARTS) is 1. The van der Waals surface area contributed by atoms with Crippen molar-refractivity contribution in [2.45, 2.75) is 31.1 Å². The van der Waals surface area contributed by atoms with Crippen LogP contribution >= 0.6 is 11.3 Å². The summed E-state index contributed by atoms with van der Waals surface area (Å²) >= 11 is 1.24. The fraction of sp³-hybridized carbons (Fsp3) is 0.122. The summed E-state index contributed by atoms with van der Waals surface area (Å²) in [5, 5.41) is 19.9. The van der Waals surface area contributed by atoms with Gasteiger partial charge in [0.2, 0.25) is 11.8 Å². The van der Waals surface area contributed by atoms with Crippen LogP contribution in [0.2, 0.25) is 0 Å². The van der Waals surface area contributed by atoms with Crippen LogP contribution in [0.5, 0.6) is 0 Å². The van der Waals surface area contributed by atoms with Crippen LogP contribution in [-0.2, 0) is 24.7 Å². The van der Waals surface area contributed by atoms with Gasteiger partial charge in [0.1, 0.15) is 11.2 Å². The van der Waals surface area contributed by atoms with Crippen molar-refractivity contribution in [2.75, 3.05) is 5.32 Å². The number of esters is 1. The molecule has 0 aliphatic carbocycles. The van der Waals surface area contributed by atoms with Gasteiger partial charge in [0, 0.05) is 5.38 Å². The van der Waals surface area contributed by atoms with E-state index in [0.717, 1.165) is 27.8 Å². The van der Waals surface area contributed by atoms with Gasteiger partial charge in [-0.05, 0) is 34.2 Å². The average Bonchev–Trinajstić information content (AvgIpc) is 3.64. The Bertz CT molecular complexity index is 1890. The van der Waals surface area contributed by atoms with Crippen LogP contribution in [0.15, 0.2) is 162 Å². The first-order valence-electron chi connectivity index (χ1n) is 16.2. The topological polar surface area (TPSA) is 110 Å². The first-order chi connectivity index (χ1) is 24.5. The second-order valence-corrected chi connectivity index (χ2v) is 12.3. The smallest absolute Gasteiger partial charge is 0.360 e. The average molecular weight is 682 g/mol. The lowest BCUT2D eigenvalue weighted by molar-refractivity contribution is -0.161. The Morgan fingerprint density at radius 3 is 1.60 bits per heavy atom. The van der Waals surface area contributed by atoms with Crippen LogP contribution in [0, 0.1) is 0 Å². The number of hydrogen-bond acceptors (Lipinski definition) is 8. The number of aromatic nitrogens is 1. The van der Waals surface area contributed by atoms with Gasteiger partial charge in [0.05, 0.1) is 0 Å². The SMILES string of the molecule is CC[C@@H](ON=C(C(=O)O)c1csc(NC(c2ccccc2)(c2ccccc2)c2ccccc2)n1)C(=O)OC(c1ccccc1)c1ccccc1. The normalized spacial score (nSPS) is 12.2. The molecule has 0 saturated heterocycles. The second-order valence-electron chi connectivity index (χ2n) is 11.4. The molecule has 6 aromatic rings. The number of anilines is 1. The third kappa shape index (κ3) is 7.48. The Morgan fingerprint density at radius 2 is 1.18 bits per heavy atom. The molecule has 0 radical (unpaired) electrons. The van der Waals surface area contributed by atoms with Crippen LogP contribution in [0.3, 0.4) is 0 Å². The van der Waals surface area contributed by atoms with Crippen LogP contribution in [0.1, 0.15) is 53.0 Å². The van der Waals surface area contributed by atoms with E-state index in [1.165, 1.54) is 11.3 Å². The lowest BCUT2D eigenvalue weighted by Crippen LogP contribution is -2.38. The molecule has 0 saturated carbocycles. The van der Waals surface area contributed by atoms with Crippen molar-refractivity contribution in [3.8, 4) is 0 Å². The van der Waals surface area contributed by atoms with Crippen molar-refractivity contribution in [2.24, 2.45) is 5.16 Å². The van der Waals surface area contributed by atoms with Crippen LogP contribution in [0.4, 0.5) is 5.13 Å². The van der Waals surface area contributed by atoms with E-state index in [-0.39, 0.29) is 12.1 Å². The van der Waals surface area contributed by atoms with Gasteiger partial charge >= 0.3 is 11.9 Å². The summed E-state index contributed by atoms with van der Waals surface area (Å²) in [6, 6.07) is 48.8. The molecule has 0 aliphatic heterocycles. The molecule has 5 aromatic carbocycles. The van der Waals surface area contributed by atoms with Crippen molar-refractivity contribution in [3.63, 3.8) is 0 Å². The molecule has 1 atom stereocenters. The number of nitrogens with one attached hydrogen (secondary N) is 1. The standard InChI is InChI=1S/C41H35N3O5S/c1-2-35(39(47)48-37(29-18-8-3-9-19-29)30-20-10-4-11-21-30)49-44-36(38(45)46)34-28-50-40(42-34)43-41(31-22-12-5-13-23-31,32-24-14-6-15-25-32)33-26-16-7-17-27-33/h3-28,35,37H,2H2,1H3,(H,42,43)(H,45,46)/t35-/m1/s1. The van der Waals surface area contributed by atoms with E-state index >= 15 is 0 Å². The molecule has 0 aliphatic rings. The first kappa shape index (κ1) is 33.8. The van der Waals surface area contributed by atoms with Crippen molar-refractivity contribution in [3.05, 3.63) is 191 Å². The van der Waals surface area contributed by atoms with Crippen LogP contribution in [-0.4, -0.2) is 33.8 Å². The summed E-state index contributed by atoms with van der Waals surface area (Å²) in [6.45, 7) is 1.74. The molecule has 9 heteroatoms. The Labute approximate surface area is 294 Å². The quantitative estimate of drug-likeness (QED) is 0.0514. The van der Waals surface area contributed by atoms with Crippen molar-refractivity contribution in [1.82, 2.24) is 4.98 Å². The first-order valence-corrected chi connectivity index (χ1v) is 17.1. The highest BCUT2D eigenvalue weighted by atomic mass is 32.1. The molecule has 2 N–H and O–H groups in total. The number of carboxylic acids is 1. The molecule has 0 unspecified atom stereocenters. The van der Waals surface area contributed by atoms with Gasteiger partial charge in [-0.2, -0.15) is 0 Å². The molecule has 1 heterocycles. The Hall–Kier alpha value is -6.06. The molecule has 6 rings (SSSR count). The van der Waals surface area contributed by atoms with Gasteiger partial charge in [-0.1, -0.05) is 164 Å². The molecule has 50 heavy (non-hydrogen) atoms. The van der Waals surface area contributed by atoms with E-state index < -0.39 is 35.4 Å². The summed E-state index contributed by atoms with van der Waals surface area (Å²) in [6.07, 6.45) is -1.64. The summed E-state index contributed by atoms with van der Waals surface area (Å²) in [7, 11) is 0. The molecule has 0 fully saturated rings. The maximum atomic E-state index is 13.4. The van der Waals surface area contributed by atoms with E-state index in [1.807, 2.05) is 152 Å². The molecule has 0 bridgehead atoms. The van der Waals surface area contributed by atoms with Crippen molar-refractivity contribution < 1.29 is 24.3 Å². The molecular weight excluding hydrogens is 647 g/mol. The van der Waals surface area contributed by atoms with Gasteiger partial charge in [-0.15, -0.1) is 11.3 Å². The summed E-state index contributed by atoms with van der Waals surface area (Å²) in [5.41, 5.74) is 3.28. The van der Waals surface area contributed by atoms with Gasteiger partial charge in [0.15, 0.2) is 11.2 Å². The zero-order valence-corrected chi connectivity index (χ0v) is 28.1. The van der Waals surface area contributed by atoms with Crippen LogP contribution in [0.25, 0.3) is 0 Å². The lowest BCUT2D eigenvalue weighted by atomic mass is 9.77. The fourth-order valence-electron chi connectivity index (χ4n) is 5.75. The number of carbonyl (C=O) groups is 2. The summed E-state index contributed by atoms with van der Waals surface area (Å²) < 4.78 is 5.96. The maximum absolute atomic E-state index is 13.4. The maximum Gasteiger partial charge on any atom is 0.360 e. The Morgan fingerprint density at radius 1 is 0.740 bits per heavy atom. The van der Waals surface area contributed by atoms with Gasteiger partial charge in [-0.25, -0.2) is 14.6 Å². The van der Waals surface area contributed by atoms with E-state index in [2.05, 4.69) is 15.5 Å². The highest BCUT2D eigenvalue weighted by molar-refractivity contribution is 7.14. The monoisotopic (exact) mass is 681 g/mol. The number of hydrogen-bond donors (Lipinski definition) is 2. The molecule has 250 valence electrons. The predicted molar refractivity (Wildman–Crippen MR) is 195 cm³/mol. The van der Waals surface area contributed by atoms with Crippen molar-refractivity contribution >= 4 is 34.1 Å². The number of ether oxygens (including phenoxy) is 1. The second kappa shape index (κ2) is 15.9. The number of thiazole rings is 1. The minimum absolute atomic E-state index is 0.0859. The lowest BCUT2D eigenvalue weighted by Gasteiger charge is -2.36. The fourth-order valence-corrected chi connectivity index (χ4v) is 6.50. The molecular formula is C41H35N3O5S. The van der Waals surface area contributed by atoms with Crippen LogP contribution < -0.4 is 5.32 Å². The van der Waals surface area contributed by atoms with E-state index in [9.17, 15) is 14.7 Å². The third-order valence-electron chi connectivity index (χ3n) is 8.21. The van der Waals surface area contributed by atoms with E-state index in [4.69, 9.17) is 9.57 Å². The van der Waals surface area contributed by atoms with Gasteiger partial charge in [-0.3, -0.25) is 0 Å². The summed E-state index contributed by atoms with van der Waals surface area (Å²) in [4.78, 5) is 36.2. The highest BCUT2D eigenvalue weighted by Crippen LogP contribution is 2.40. The highest BCUT2D eigenvalue weighted by Gasteiger charge is 2.37. The number of nitrogens with zero attached hydrogens (tertiary/aromatic N) is 2. The largest absolute Gasteiger partial charge is 0.476 e. The number of rotatable bonds is 14. The predicted octanol–water partition coefficient (Wildman–Crippen LogP) is 8.46. The third-order valence-corrected chi connectivity index (χ3v) is 8.97. The van der Waals surface area contributed by atoms with E-state index in [1.54, 1.807) is 12.3 Å². The minimum atomic E-state index is -1.35. The number of oxime groups is 1. The minimum Gasteiger partial charge on any atom is -0.476 e. The van der Waals surface area contributed by atoms with Gasteiger partial charge in [0.25, 0.3) is 0 Å². The zero-order valence-electron chi connectivity index (χ0n) is 27.3. The number of aliphatic carboxylic acids is 1.